The maximum atomic E-state index is 14.0. The number of benzene rings is 1. The fourth-order valence-corrected chi connectivity index (χ4v) is 4.47. The van der Waals surface area contributed by atoms with Crippen LogP contribution in [-0.2, 0) is 12.0 Å². The fraction of sp³-hybridized carbons (Fsp3) is 0.429. The van der Waals surface area contributed by atoms with Crippen LogP contribution in [0.25, 0.3) is 11.4 Å². The van der Waals surface area contributed by atoms with E-state index >= 15 is 0 Å². The van der Waals surface area contributed by atoms with Gasteiger partial charge in [-0.05, 0) is 35.9 Å². The van der Waals surface area contributed by atoms with Crippen molar-refractivity contribution in [2.75, 3.05) is 25.5 Å². The summed E-state index contributed by atoms with van der Waals surface area (Å²) in [5.74, 6) is -2.22. The summed E-state index contributed by atoms with van der Waals surface area (Å²) in [6.07, 6.45) is 6.21. The van der Waals surface area contributed by atoms with E-state index in [4.69, 9.17) is 9.83 Å². The third kappa shape index (κ3) is 7.91. The van der Waals surface area contributed by atoms with Crippen LogP contribution in [-0.4, -0.2) is 62.6 Å². The highest BCUT2D eigenvalue weighted by Gasteiger charge is 2.31. The average Bonchev–Trinajstić information content (AvgIpc) is 3.35. The summed E-state index contributed by atoms with van der Waals surface area (Å²) < 4.78 is 33.6. The van der Waals surface area contributed by atoms with Crippen molar-refractivity contribution in [3.63, 3.8) is 0 Å². The second-order valence-electron chi connectivity index (χ2n) is 11.1. The highest BCUT2D eigenvalue weighted by atomic mass is 19.3. The van der Waals surface area contributed by atoms with Crippen molar-refractivity contribution in [3.8, 4) is 11.4 Å². The van der Waals surface area contributed by atoms with Crippen molar-refractivity contribution < 1.29 is 18.0 Å². The third-order valence-corrected chi connectivity index (χ3v) is 6.32. The number of aromatic nitrogens is 4. The molecule has 1 unspecified atom stereocenters. The molecule has 11 nitrogen and oxygen atoms in total. The van der Waals surface area contributed by atoms with E-state index in [2.05, 4.69) is 35.9 Å². The number of carbonyl (C=O) groups excluding carboxylic acids is 1. The number of rotatable bonds is 8. The number of anilines is 1. The number of fused-ring (bicyclic) bond motifs is 1. The summed E-state index contributed by atoms with van der Waals surface area (Å²) in [5.41, 5.74) is 2.03. The summed E-state index contributed by atoms with van der Waals surface area (Å²) in [6, 6.07) is 5.09. The van der Waals surface area contributed by atoms with E-state index in [1.807, 2.05) is 39.0 Å². The summed E-state index contributed by atoms with van der Waals surface area (Å²) in [4.78, 5) is 31.9. The zero-order chi connectivity index (χ0) is 29.8. The maximum absolute atomic E-state index is 14.0. The monoisotopic (exact) mass is 567 g/mol. The highest BCUT2D eigenvalue weighted by Crippen LogP contribution is 2.32. The van der Waals surface area contributed by atoms with Gasteiger partial charge in [-0.25, -0.2) is 23.7 Å². The molecule has 0 saturated heterocycles. The quantitative estimate of drug-likeness (QED) is 0.231. The van der Waals surface area contributed by atoms with E-state index in [0.717, 1.165) is 18.1 Å². The number of hydrogen-bond donors (Lipinski definition) is 4. The van der Waals surface area contributed by atoms with E-state index in [1.54, 1.807) is 18.1 Å². The van der Waals surface area contributed by atoms with E-state index < -0.39 is 24.4 Å². The second-order valence-corrected chi connectivity index (χ2v) is 11.1. The van der Waals surface area contributed by atoms with Gasteiger partial charge in [-0.2, -0.15) is 4.98 Å². The van der Waals surface area contributed by atoms with E-state index in [-0.39, 0.29) is 29.4 Å². The number of oxazole rings is 1. The summed E-state index contributed by atoms with van der Waals surface area (Å²) >= 11 is 0. The number of nitrogens with one attached hydrogen (secondary N) is 4. The first kappa shape index (κ1) is 29.7. The number of amidine groups is 1. The molecule has 1 atom stereocenters. The topological polar surface area (TPSA) is 145 Å². The molecule has 41 heavy (non-hydrogen) atoms. The molecular formula is C28H35F2N9O2. The Bertz CT molecular complexity index is 1430. The van der Waals surface area contributed by atoms with Crippen LogP contribution in [0.3, 0.4) is 0 Å². The van der Waals surface area contributed by atoms with Gasteiger partial charge in [0.05, 0.1) is 12.6 Å². The van der Waals surface area contributed by atoms with Crippen LogP contribution in [0.15, 0.2) is 47.5 Å². The van der Waals surface area contributed by atoms with E-state index in [1.165, 1.54) is 18.7 Å². The minimum absolute atomic E-state index is 0.0786. The Morgan fingerprint density at radius 3 is 2.68 bits per heavy atom. The minimum atomic E-state index is -2.88. The lowest BCUT2D eigenvalue weighted by Crippen LogP contribution is -2.35. The minimum Gasteiger partial charge on any atom is -0.448 e. The van der Waals surface area contributed by atoms with Crippen LogP contribution in [0.4, 0.5) is 14.7 Å². The lowest BCUT2D eigenvalue weighted by atomic mass is 9.96. The summed E-state index contributed by atoms with van der Waals surface area (Å²) in [7, 11) is 1.72. The Kier molecular flexibility index (Phi) is 8.76. The Morgan fingerprint density at radius 1 is 1.22 bits per heavy atom. The number of carbonyl (C=O) groups is 1. The average molecular weight is 568 g/mol. The molecule has 13 heteroatoms. The van der Waals surface area contributed by atoms with Crippen molar-refractivity contribution in [2.24, 2.45) is 0 Å². The first-order valence-electron chi connectivity index (χ1n) is 13.2. The first-order chi connectivity index (χ1) is 19.3. The van der Waals surface area contributed by atoms with Gasteiger partial charge in [-0.15, -0.1) is 0 Å². The molecule has 4 N–H and O–H groups in total. The molecule has 0 fully saturated rings. The van der Waals surface area contributed by atoms with E-state index in [9.17, 15) is 13.6 Å². The lowest BCUT2D eigenvalue weighted by molar-refractivity contribution is -0.0166. The van der Waals surface area contributed by atoms with Crippen LogP contribution in [0.1, 0.15) is 67.7 Å². The van der Waals surface area contributed by atoms with Gasteiger partial charge in [-0.1, -0.05) is 32.9 Å². The standard InChI is InChI=1S/C28H35F2N9O2/c1-27(2,3)25-36-21(14-41-25)24(40)35-20-9-11-39(15-28(4,29)30)13-18-12-17(6-7-19(18)20)23-33-16-34-26(38-23)37-22(31)8-10-32-5/h6-8,10,12,14,16,20,32H,9,11,13,15H2,1-5H3,(H,35,40)(H2,31,33,34,37,38)/b10-8-. The molecule has 4 rings (SSSR count). The molecule has 1 amide bonds. The number of alkyl halides is 2. The molecule has 218 valence electrons. The van der Waals surface area contributed by atoms with E-state index in [0.29, 0.717) is 30.2 Å². The van der Waals surface area contributed by atoms with Crippen molar-refractivity contribution in [1.82, 2.24) is 35.5 Å². The number of hydrogen-bond acceptors (Lipinski definition) is 9. The zero-order valence-electron chi connectivity index (χ0n) is 23.8. The largest absolute Gasteiger partial charge is 0.448 e. The van der Waals surface area contributed by atoms with Crippen LogP contribution < -0.4 is 16.0 Å². The zero-order valence-corrected chi connectivity index (χ0v) is 23.8. The SMILES string of the molecule is CN/C=C\C(=N)Nc1ncnc(-c2ccc3c(c2)CN(CC(C)(F)F)CCC3NC(=O)c2coc(C(C)(C)C)n2)n1. The maximum Gasteiger partial charge on any atom is 0.273 e. The summed E-state index contributed by atoms with van der Waals surface area (Å²) in [6.45, 7) is 6.91. The molecule has 1 aliphatic rings. The first-order valence-corrected chi connectivity index (χ1v) is 13.2. The van der Waals surface area contributed by atoms with Crippen molar-refractivity contribution in [2.45, 2.75) is 58.0 Å². The number of amides is 1. The lowest BCUT2D eigenvalue weighted by Gasteiger charge is -2.24. The number of halogens is 2. The smallest absolute Gasteiger partial charge is 0.273 e. The molecule has 0 spiro atoms. The van der Waals surface area contributed by atoms with Crippen molar-refractivity contribution >= 4 is 17.7 Å². The molecule has 1 aromatic carbocycles. The molecule has 3 heterocycles. The van der Waals surface area contributed by atoms with Gasteiger partial charge < -0.3 is 20.4 Å². The van der Waals surface area contributed by atoms with Gasteiger partial charge in [0.1, 0.15) is 18.4 Å². The van der Waals surface area contributed by atoms with Crippen LogP contribution in [0.5, 0.6) is 0 Å². The Hall–Kier alpha value is -4.26. The Labute approximate surface area is 237 Å². The van der Waals surface area contributed by atoms with Gasteiger partial charge in [0, 0.05) is 38.0 Å². The molecule has 0 radical (unpaired) electrons. The van der Waals surface area contributed by atoms with Crippen molar-refractivity contribution in [3.05, 3.63) is 65.8 Å². The van der Waals surface area contributed by atoms with Gasteiger partial charge >= 0.3 is 0 Å². The van der Waals surface area contributed by atoms with Gasteiger partial charge in [0.15, 0.2) is 17.4 Å². The van der Waals surface area contributed by atoms with Gasteiger partial charge in [-0.3, -0.25) is 15.1 Å². The third-order valence-electron chi connectivity index (χ3n) is 6.32. The predicted molar refractivity (Wildman–Crippen MR) is 151 cm³/mol. The molecule has 0 saturated carbocycles. The van der Waals surface area contributed by atoms with Gasteiger partial charge in [0.25, 0.3) is 11.8 Å². The Morgan fingerprint density at radius 2 is 2.00 bits per heavy atom. The fourth-order valence-electron chi connectivity index (χ4n) is 4.47. The second kappa shape index (κ2) is 12.1. The molecule has 0 bridgehead atoms. The Balaban J connectivity index is 1.63. The molecule has 2 aromatic heterocycles. The highest BCUT2D eigenvalue weighted by molar-refractivity contribution is 6.00. The molecule has 3 aromatic rings. The normalized spacial score (nSPS) is 16.2. The predicted octanol–water partition coefficient (Wildman–Crippen LogP) is 4.28. The molecule has 1 aliphatic heterocycles. The van der Waals surface area contributed by atoms with Crippen LogP contribution >= 0.6 is 0 Å². The summed E-state index contributed by atoms with van der Waals surface area (Å²) in [5, 5.41) is 16.6. The van der Waals surface area contributed by atoms with Crippen molar-refractivity contribution in [1.29, 1.82) is 5.41 Å². The molecular weight excluding hydrogens is 532 g/mol. The number of nitrogens with zero attached hydrogens (tertiary/aromatic N) is 5. The van der Waals surface area contributed by atoms with Gasteiger partial charge in [0.2, 0.25) is 5.95 Å². The van der Waals surface area contributed by atoms with Crippen LogP contribution in [0, 0.1) is 5.41 Å². The van der Waals surface area contributed by atoms with Crippen LogP contribution in [0.2, 0.25) is 0 Å². The molecule has 0 aliphatic carbocycles.